The van der Waals surface area contributed by atoms with Crippen molar-refractivity contribution in [1.82, 2.24) is 19.5 Å². The lowest BCUT2D eigenvalue weighted by molar-refractivity contribution is -0.142. The average Bonchev–Trinajstić information content (AvgIpc) is 3.32. The van der Waals surface area contributed by atoms with Gasteiger partial charge in [0.05, 0.1) is 24.6 Å². The standard InChI is InChI=1S/C27H27F3N4O2/c1-36-21-9-7-20(8-10-21)23-16-24(27(28,29)30)34-25(32-23)22(17-31-34)26(35)33-13-11-19(12-14-33)15-18-5-3-2-4-6-18/h2-10,16-17,19,26,35H,11-15H2,1H3. The third-order valence-corrected chi connectivity index (χ3v) is 6.82. The molecule has 6 nitrogen and oxygen atoms in total. The maximum atomic E-state index is 13.9. The van der Waals surface area contributed by atoms with E-state index in [0.29, 0.717) is 30.3 Å². The number of rotatable bonds is 6. The van der Waals surface area contributed by atoms with E-state index in [1.807, 2.05) is 23.1 Å². The molecule has 0 bridgehead atoms. The zero-order valence-electron chi connectivity index (χ0n) is 19.8. The van der Waals surface area contributed by atoms with Crippen LogP contribution < -0.4 is 4.74 Å². The lowest BCUT2D eigenvalue weighted by atomic mass is 9.90. The molecule has 1 atom stereocenters. The molecule has 5 rings (SSSR count). The number of hydrogen-bond donors (Lipinski definition) is 1. The Bertz CT molecular complexity index is 1310. The van der Waals surface area contributed by atoms with Crippen LogP contribution in [0.25, 0.3) is 16.9 Å². The number of likely N-dealkylation sites (tertiary alicyclic amines) is 1. The minimum absolute atomic E-state index is 0.00504. The number of ether oxygens (including phenoxy) is 1. The number of nitrogens with zero attached hydrogens (tertiary/aromatic N) is 4. The van der Waals surface area contributed by atoms with Gasteiger partial charge < -0.3 is 9.84 Å². The second kappa shape index (κ2) is 9.91. The summed E-state index contributed by atoms with van der Waals surface area (Å²) in [6, 6.07) is 17.9. The number of benzene rings is 2. The summed E-state index contributed by atoms with van der Waals surface area (Å²) in [6.45, 7) is 1.28. The zero-order valence-corrected chi connectivity index (χ0v) is 19.8. The number of halogens is 3. The summed E-state index contributed by atoms with van der Waals surface area (Å²) in [5, 5.41) is 15.1. The van der Waals surface area contributed by atoms with Crippen molar-refractivity contribution in [2.75, 3.05) is 20.2 Å². The van der Waals surface area contributed by atoms with Crippen molar-refractivity contribution >= 4 is 5.65 Å². The highest BCUT2D eigenvalue weighted by Crippen LogP contribution is 2.35. The Balaban J connectivity index is 1.42. The van der Waals surface area contributed by atoms with Crippen LogP contribution in [0.5, 0.6) is 5.75 Å². The molecular weight excluding hydrogens is 469 g/mol. The summed E-state index contributed by atoms with van der Waals surface area (Å²) < 4.78 is 47.7. The minimum Gasteiger partial charge on any atom is -0.497 e. The second-order valence-electron chi connectivity index (χ2n) is 9.13. The predicted molar refractivity (Wildman–Crippen MR) is 129 cm³/mol. The number of methoxy groups -OCH3 is 1. The SMILES string of the molecule is COc1ccc(-c2cc(C(F)(F)F)n3ncc(C(O)N4CCC(Cc5ccccc5)CC4)c3n2)cc1. The van der Waals surface area contributed by atoms with Crippen LogP contribution in [0.15, 0.2) is 66.9 Å². The van der Waals surface area contributed by atoms with E-state index in [2.05, 4.69) is 22.2 Å². The van der Waals surface area contributed by atoms with Crippen LogP contribution in [0.2, 0.25) is 0 Å². The highest BCUT2D eigenvalue weighted by molar-refractivity contribution is 5.65. The second-order valence-corrected chi connectivity index (χ2v) is 9.13. The first-order valence-corrected chi connectivity index (χ1v) is 11.9. The molecule has 0 saturated carbocycles. The Hall–Kier alpha value is -3.43. The van der Waals surface area contributed by atoms with Gasteiger partial charge >= 0.3 is 6.18 Å². The maximum absolute atomic E-state index is 13.9. The van der Waals surface area contributed by atoms with Gasteiger partial charge in [0, 0.05) is 18.7 Å². The number of alkyl halides is 3. The van der Waals surface area contributed by atoms with Crippen LogP contribution in [0.1, 0.15) is 35.9 Å². The Kier molecular flexibility index (Phi) is 6.68. The number of piperidine rings is 1. The monoisotopic (exact) mass is 496 g/mol. The maximum Gasteiger partial charge on any atom is 0.433 e. The molecule has 0 spiro atoms. The van der Waals surface area contributed by atoms with Gasteiger partial charge in [-0.2, -0.15) is 18.3 Å². The lowest BCUT2D eigenvalue weighted by Gasteiger charge is -2.34. The van der Waals surface area contributed by atoms with Crippen molar-refractivity contribution in [1.29, 1.82) is 0 Å². The van der Waals surface area contributed by atoms with Gasteiger partial charge in [-0.25, -0.2) is 9.50 Å². The fraction of sp³-hybridized carbons (Fsp3) is 0.333. The van der Waals surface area contributed by atoms with Gasteiger partial charge in [0.2, 0.25) is 0 Å². The van der Waals surface area contributed by atoms with E-state index < -0.39 is 18.1 Å². The third-order valence-electron chi connectivity index (χ3n) is 6.82. The molecule has 4 aromatic rings. The molecule has 1 aliphatic heterocycles. The van der Waals surface area contributed by atoms with E-state index in [4.69, 9.17) is 4.74 Å². The number of aromatic nitrogens is 3. The number of fused-ring (bicyclic) bond motifs is 1. The van der Waals surface area contributed by atoms with Crippen molar-refractivity contribution in [3.8, 4) is 17.0 Å². The molecule has 1 saturated heterocycles. The molecule has 9 heteroatoms. The molecule has 0 aliphatic carbocycles. The molecule has 36 heavy (non-hydrogen) atoms. The predicted octanol–water partition coefficient (Wildman–Crippen LogP) is 5.37. The van der Waals surface area contributed by atoms with Crippen molar-refractivity contribution in [2.45, 2.75) is 31.7 Å². The van der Waals surface area contributed by atoms with Gasteiger partial charge in [-0.05, 0) is 61.1 Å². The molecule has 0 amide bonds. The first-order chi connectivity index (χ1) is 17.3. The van der Waals surface area contributed by atoms with E-state index in [1.165, 1.54) is 18.9 Å². The largest absolute Gasteiger partial charge is 0.497 e. The van der Waals surface area contributed by atoms with E-state index in [0.717, 1.165) is 29.8 Å². The summed E-state index contributed by atoms with van der Waals surface area (Å²) >= 11 is 0. The van der Waals surface area contributed by atoms with Gasteiger partial charge in [-0.3, -0.25) is 4.90 Å². The Morgan fingerprint density at radius 1 is 1.06 bits per heavy atom. The molecule has 188 valence electrons. The van der Waals surface area contributed by atoms with E-state index in [9.17, 15) is 18.3 Å². The van der Waals surface area contributed by atoms with Crippen LogP contribution in [0, 0.1) is 5.92 Å². The van der Waals surface area contributed by atoms with Gasteiger partial charge in [0.25, 0.3) is 0 Å². The number of aliphatic hydroxyl groups excluding tert-OH is 1. The van der Waals surface area contributed by atoms with Gasteiger partial charge in [0.1, 0.15) is 12.0 Å². The number of aliphatic hydroxyl groups is 1. The molecule has 1 aliphatic rings. The molecule has 2 aromatic carbocycles. The fourth-order valence-electron chi connectivity index (χ4n) is 4.82. The zero-order chi connectivity index (χ0) is 25.3. The van der Waals surface area contributed by atoms with Crippen molar-refractivity contribution in [2.24, 2.45) is 5.92 Å². The van der Waals surface area contributed by atoms with Gasteiger partial charge in [-0.15, -0.1) is 0 Å². The molecule has 3 heterocycles. The first kappa shape index (κ1) is 24.3. The summed E-state index contributed by atoms with van der Waals surface area (Å²) in [5.41, 5.74) is 1.25. The quantitative estimate of drug-likeness (QED) is 0.389. The summed E-state index contributed by atoms with van der Waals surface area (Å²) in [5.74, 6) is 1.09. The van der Waals surface area contributed by atoms with Gasteiger partial charge in [-0.1, -0.05) is 30.3 Å². The topological polar surface area (TPSA) is 62.9 Å². The van der Waals surface area contributed by atoms with Crippen LogP contribution in [0.3, 0.4) is 0 Å². The first-order valence-electron chi connectivity index (χ1n) is 11.9. The smallest absolute Gasteiger partial charge is 0.433 e. The van der Waals surface area contributed by atoms with E-state index in [1.54, 1.807) is 24.3 Å². The Morgan fingerprint density at radius 3 is 2.39 bits per heavy atom. The Labute approximate surface area is 207 Å². The summed E-state index contributed by atoms with van der Waals surface area (Å²) in [7, 11) is 1.52. The summed E-state index contributed by atoms with van der Waals surface area (Å²) in [6.07, 6.45) is -1.70. The van der Waals surface area contributed by atoms with Crippen LogP contribution in [-0.2, 0) is 12.6 Å². The number of hydrogen-bond acceptors (Lipinski definition) is 5. The Morgan fingerprint density at radius 2 is 1.75 bits per heavy atom. The normalized spacial score (nSPS) is 16.4. The van der Waals surface area contributed by atoms with Crippen LogP contribution in [0.4, 0.5) is 13.2 Å². The lowest BCUT2D eigenvalue weighted by Crippen LogP contribution is -2.37. The molecule has 1 fully saturated rings. The van der Waals surface area contributed by atoms with E-state index >= 15 is 0 Å². The van der Waals surface area contributed by atoms with Gasteiger partial charge in [0.15, 0.2) is 11.3 Å². The van der Waals surface area contributed by atoms with E-state index in [-0.39, 0.29) is 16.9 Å². The van der Waals surface area contributed by atoms with Crippen LogP contribution >= 0.6 is 0 Å². The minimum atomic E-state index is -4.65. The third kappa shape index (κ3) is 4.94. The molecule has 1 unspecified atom stereocenters. The summed E-state index contributed by atoms with van der Waals surface area (Å²) in [4.78, 5) is 6.38. The van der Waals surface area contributed by atoms with Crippen molar-refractivity contribution < 1.29 is 23.0 Å². The molecule has 1 N–H and O–H groups in total. The van der Waals surface area contributed by atoms with Crippen molar-refractivity contribution in [3.05, 3.63) is 83.7 Å². The fourth-order valence-corrected chi connectivity index (χ4v) is 4.82. The van der Waals surface area contributed by atoms with Crippen LogP contribution in [-0.4, -0.2) is 44.8 Å². The highest BCUT2D eigenvalue weighted by Gasteiger charge is 2.36. The average molecular weight is 497 g/mol. The molecule has 2 aromatic heterocycles. The highest BCUT2D eigenvalue weighted by atomic mass is 19.4. The molecule has 0 radical (unpaired) electrons. The molecular formula is C27H27F3N4O2. The van der Waals surface area contributed by atoms with Crippen molar-refractivity contribution in [3.63, 3.8) is 0 Å².